The van der Waals surface area contributed by atoms with Gasteiger partial charge in [-0.15, -0.1) is 12.3 Å². The van der Waals surface area contributed by atoms with Gasteiger partial charge in [0.1, 0.15) is 11.6 Å². The zero-order valence-electron chi connectivity index (χ0n) is 9.26. The van der Waals surface area contributed by atoms with Gasteiger partial charge in [-0.2, -0.15) is 0 Å². The van der Waals surface area contributed by atoms with Crippen LogP contribution in [0.5, 0.6) is 0 Å². The molecule has 0 aliphatic rings. The summed E-state index contributed by atoms with van der Waals surface area (Å²) in [7, 11) is 0. The van der Waals surface area contributed by atoms with E-state index in [1.807, 2.05) is 6.92 Å². The highest BCUT2D eigenvalue weighted by Gasteiger charge is 2.10. The molecule has 0 saturated carbocycles. The largest absolute Gasteiger partial charge is 0.313 e. The highest BCUT2D eigenvalue weighted by Crippen LogP contribution is 2.12. The van der Waals surface area contributed by atoms with Crippen molar-refractivity contribution in [1.82, 2.24) is 5.32 Å². The van der Waals surface area contributed by atoms with Gasteiger partial charge in [-0.05, 0) is 24.6 Å². The lowest BCUT2D eigenvalue weighted by atomic mass is 10.0. The molecule has 0 fully saturated rings. The quantitative estimate of drug-likeness (QED) is 0.756. The van der Waals surface area contributed by atoms with Crippen molar-refractivity contribution in [3.8, 4) is 12.3 Å². The fraction of sp³-hybridized carbons (Fsp3) is 0.385. The monoisotopic (exact) mass is 223 g/mol. The number of hydrogen-bond donors (Lipinski definition) is 1. The summed E-state index contributed by atoms with van der Waals surface area (Å²) in [5, 5.41) is 3.17. The van der Waals surface area contributed by atoms with Gasteiger partial charge in [0.05, 0.1) is 0 Å². The van der Waals surface area contributed by atoms with Gasteiger partial charge in [0.2, 0.25) is 0 Å². The van der Waals surface area contributed by atoms with Gasteiger partial charge in [-0.3, -0.25) is 0 Å². The first-order valence-electron chi connectivity index (χ1n) is 5.28. The summed E-state index contributed by atoms with van der Waals surface area (Å²) >= 11 is 0. The zero-order valence-corrected chi connectivity index (χ0v) is 9.26. The lowest BCUT2D eigenvalue weighted by molar-refractivity contribution is 0.512. The van der Waals surface area contributed by atoms with Crippen LogP contribution in [0, 0.1) is 24.0 Å². The van der Waals surface area contributed by atoms with Crippen molar-refractivity contribution < 1.29 is 8.78 Å². The molecule has 86 valence electrons. The average molecular weight is 223 g/mol. The van der Waals surface area contributed by atoms with E-state index in [1.54, 1.807) is 0 Å². The van der Waals surface area contributed by atoms with Crippen LogP contribution in [-0.4, -0.2) is 12.6 Å². The number of terminal acetylenes is 1. The van der Waals surface area contributed by atoms with E-state index in [0.29, 0.717) is 18.4 Å². The summed E-state index contributed by atoms with van der Waals surface area (Å²) in [4.78, 5) is 0. The SMILES string of the molecule is C#CCC(Cc1ccc(F)cc1F)NCC. The van der Waals surface area contributed by atoms with Crippen LogP contribution in [0.2, 0.25) is 0 Å². The van der Waals surface area contributed by atoms with Crippen molar-refractivity contribution in [2.45, 2.75) is 25.8 Å². The van der Waals surface area contributed by atoms with Gasteiger partial charge in [-0.25, -0.2) is 8.78 Å². The molecule has 0 heterocycles. The van der Waals surface area contributed by atoms with Crippen LogP contribution in [-0.2, 0) is 6.42 Å². The normalized spacial score (nSPS) is 12.1. The van der Waals surface area contributed by atoms with Crippen LogP contribution < -0.4 is 5.32 Å². The topological polar surface area (TPSA) is 12.0 Å². The van der Waals surface area contributed by atoms with Gasteiger partial charge in [0.15, 0.2) is 0 Å². The summed E-state index contributed by atoms with van der Waals surface area (Å²) in [6.45, 7) is 2.74. The lowest BCUT2D eigenvalue weighted by Gasteiger charge is -2.15. The summed E-state index contributed by atoms with van der Waals surface area (Å²) in [6, 6.07) is 3.66. The Kier molecular flexibility index (Phi) is 4.94. The highest BCUT2D eigenvalue weighted by molar-refractivity contribution is 5.20. The third-order valence-electron chi connectivity index (χ3n) is 2.34. The maximum atomic E-state index is 13.4. The Labute approximate surface area is 94.9 Å². The molecule has 0 radical (unpaired) electrons. The standard InChI is InChI=1S/C13H15F2N/c1-3-5-12(16-4-2)8-10-6-7-11(14)9-13(10)15/h1,6-7,9,12,16H,4-5,8H2,2H3. The third kappa shape index (κ3) is 3.63. The number of halogens is 2. The predicted molar refractivity (Wildman–Crippen MR) is 61.0 cm³/mol. The van der Waals surface area contributed by atoms with Gasteiger partial charge < -0.3 is 5.32 Å². The fourth-order valence-electron chi connectivity index (χ4n) is 1.60. The molecule has 1 rings (SSSR count). The Bertz CT molecular complexity index is 382. The number of hydrogen-bond acceptors (Lipinski definition) is 1. The summed E-state index contributed by atoms with van der Waals surface area (Å²) in [5.74, 6) is 1.47. The molecular formula is C13H15F2N. The van der Waals surface area contributed by atoms with Crippen LogP contribution in [0.4, 0.5) is 8.78 Å². The Morgan fingerprint density at radius 1 is 1.44 bits per heavy atom. The van der Waals surface area contributed by atoms with Crippen LogP contribution in [0.15, 0.2) is 18.2 Å². The van der Waals surface area contributed by atoms with Crippen molar-refractivity contribution in [1.29, 1.82) is 0 Å². The van der Waals surface area contributed by atoms with Crippen LogP contribution in [0.25, 0.3) is 0 Å². The van der Waals surface area contributed by atoms with Gasteiger partial charge in [0, 0.05) is 18.5 Å². The molecule has 1 aromatic carbocycles. The van der Waals surface area contributed by atoms with E-state index in [4.69, 9.17) is 6.42 Å². The molecule has 0 bridgehead atoms. The molecule has 0 amide bonds. The van der Waals surface area contributed by atoms with E-state index in [1.165, 1.54) is 12.1 Å². The van der Waals surface area contributed by atoms with Crippen molar-refractivity contribution in [2.24, 2.45) is 0 Å². The van der Waals surface area contributed by atoms with E-state index in [0.717, 1.165) is 12.6 Å². The average Bonchev–Trinajstić information content (AvgIpc) is 2.23. The summed E-state index contributed by atoms with van der Waals surface area (Å²) < 4.78 is 26.1. The minimum Gasteiger partial charge on any atom is -0.313 e. The fourth-order valence-corrected chi connectivity index (χ4v) is 1.60. The molecule has 1 N–H and O–H groups in total. The Balaban J connectivity index is 2.73. The maximum Gasteiger partial charge on any atom is 0.129 e. The lowest BCUT2D eigenvalue weighted by Crippen LogP contribution is -2.30. The number of nitrogens with one attached hydrogen (secondary N) is 1. The molecule has 16 heavy (non-hydrogen) atoms. The Hall–Kier alpha value is -1.40. The Morgan fingerprint density at radius 3 is 2.75 bits per heavy atom. The molecular weight excluding hydrogens is 208 g/mol. The molecule has 0 aromatic heterocycles. The van der Waals surface area contributed by atoms with E-state index in [-0.39, 0.29) is 6.04 Å². The molecule has 1 unspecified atom stereocenters. The second-order valence-corrected chi connectivity index (χ2v) is 3.60. The van der Waals surface area contributed by atoms with Crippen LogP contribution in [0.3, 0.4) is 0 Å². The smallest absolute Gasteiger partial charge is 0.129 e. The van der Waals surface area contributed by atoms with Crippen LogP contribution >= 0.6 is 0 Å². The third-order valence-corrected chi connectivity index (χ3v) is 2.34. The van der Waals surface area contributed by atoms with Crippen molar-refractivity contribution in [3.63, 3.8) is 0 Å². The van der Waals surface area contributed by atoms with Crippen molar-refractivity contribution in [3.05, 3.63) is 35.4 Å². The first-order chi connectivity index (χ1) is 7.67. The number of rotatable bonds is 5. The zero-order chi connectivity index (χ0) is 12.0. The first-order valence-corrected chi connectivity index (χ1v) is 5.28. The van der Waals surface area contributed by atoms with E-state index in [2.05, 4.69) is 11.2 Å². The minimum absolute atomic E-state index is 0.0370. The van der Waals surface area contributed by atoms with E-state index < -0.39 is 11.6 Å². The van der Waals surface area contributed by atoms with Gasteiger partial charge >= 0.3 is 0 Å². The molecule has 0 spiro atoms. The van der Waals surface area contributed by atoms with Gasteiger partial charge in [-0.1, -0.05) is 13.0 Å². The molecule has 0 aliphatic heterocycles. The maximum absolute atomic E-state index is 13.4. The minimum atomic E-state index is -0.557. The van der Waals surface area contributed by atoms with Crippen LogP contribution in [0.1, 0.15) is 18.9 Å². The molecule has 3 heteroatoms. The summed E-state index contributed by atoms with van der Waals surface area (Å²) in [6.07, 6.45) is 6.24. The molecule has 1 aromatic rings. The molecule has 0 saturated heterocycles. The highest BCUT2D eigenvalue weighted by atomic mass is 19.1. The molecule has 1 atom stereocenters. The number of benzene rings is 1. The van der Waals surface area contributed by atoms with Crippen molar-refractivity contribution >= 4 is 0 Å². The predicted octanol–water partition coefficient (Wildman–Crippen LogP) is 2.51. The Morgan fingerprint density at radius 2 is 2.19 bits per heavy atom. The summed E-state index contributed by atoms with van der Waals surface area (Å²) in [5.41, 5.74) is 0.489. The second-order valence-electron chi connectivity index (χ2n) is 3.60. The molecule has 0 aliphatic carbocycles. The van der Waals surface area contributed by atoms with Crippen molar-refractivity contribution in [2.75, 3.05) is 6.54 Å². The molecule has 1 nitrogen and oxygen atoms in total. The van der Waals surface area contributed by atoms with E-state index >= 15 is 0 Å². The first kappa shape index (κ1) is 12.7. The number of likely N-dealkylation sites (N-methyl/N-ethyl adjacent to an activating group) is 1. The van der Waals surface area contributed by atoms with E-state index in [9.17, 15) is 8.78 Å². The van der Waals surface area contributed by atoms with Gasteiger partial charge in [0.25, 0.3) is 0 Å². The second kappa shape index (κ2) is 6.24.